The van der Waals surface area contributed by atoms with Gasteiger partial charge in [0.15, 0.2) is 11.6 Å². The average Bonchev–Trinajstić information content (AvgIpc) is 1.80. The van der Waals surface area contributed by atoms with Crippen molar-refractivity contribution in [2.24, 2.45) is 0 Å². The Morgan fingerprint density at radius 3 is 2.44 bits per heavy atom. The molecule has 0 aliphatic heterocycles. The molecule has 1 radical (unpaired) electrons. The third-order valence-corrected chi connectivity index (χ3v) is 1.04. The van der Waals surface area contributed by atoms with Crippen LogP contribution in [0.5, 0.6) is 0 Å². The second-order valence-electron chi connectivity index (χ2n) is 1.47. The van der Waals surface area contributed by atoms with Gasteiger partial charge in [-0.1, -0.05) is 11.6 Å². The van der Waals surface area contributed by atoms with Crippen molar-refractivity contribution in [2.75, 3.05) is 0 Å². The Bertz CT molecular complexity index is 222. The van der Waals surface area contributed by atoms with Crippen LogP contribution in [0.1, 0.15) is 0 Å². The van der Waals surface area contributed by atoms with Gasteiger partial charge in [0.1, 0.15) is 0 Å². The number of halogens is 3. The quantitative estimate of drug-likeness (QED) is 0.495. The minimum absolute atomic E-state index is 0.0777. The number of rotatable bonds is 0. The lowest BCUT2D eigenvalue weighted by molar-refractivity contribution is 0.507. The maximum absolute atomic E-state index is 12.1. The molecule has 47 valence electrons. The zero-order valence-electron chi connectivity index (χ0n) is 4.29. The summed E-state index contributed by atoms with van der Waals surface area (Å²) in [7, 11) is 0. The molecule has 0 aliphatic carbocycles. The van der Waals surface area contributed by atoms with Gasteiger partial charge < -0.3 is 0 Å². The van der Waals surface area contributed by atoms with Gasteiger partial charge in [0.25, 0.3) is 0 Å². The van der Waals surface area contributed by atoms with E-state index in [1.807, 2.05) is 6.07 Å². The van der Waals surface area contributed by atoms with Crippen molar-refractivity contribution >= 4 is 11.6 Å². The molecule has 0 N–H and O–H groups in total. The second kappa shape index (κ2) is 2.31. The van der Waals surface area contributed by atoms with Crippen LogP contribution in [0.3, 0.4) is 0 Å². The summed E-state index contributed by atoms with van der Waals surface area (Å²) in [6, 6.07) is 4.15. The molecule has 0 heterocycles. The summed E-state index contributed by atoms with van der Waals surface area (Å²) in [5.74, 6) is -1.97. The van der Waals surface area contributed by atoms with E-state index in [-0.39, 0.29) is 5.02 Å². The van der Waals surface area contributed by atoms with E-state index in [0.717, 1.165) is 6.07 Å². The van der Waals surface area contributed by atoms with Crippen molar-refractivity contribution in [1.82, 2.24) is 0 Å². The van der Waals surface area contributed by atoms with Crippen LogP contribution in [0.15, 0.2) is 12.1 Å². The first-order valence-corrected chi connectivity index (χ1v) is 2.61. The fourth-order valence-corrected chi connectivity index (χ4v) is 0.572. The Hall–Kier alpha value is -0.630. The highest BCUT2D eigenvalue weighted by Gasteiger charge is 1.99. The first-order chi connectivity index (χ1) is 4.20. The maximum atomic E-state index is 12.1. The summed E-state index contributed by atoms with van der Waals surface area (Å²) in [5, 5.41) is 0.0777. The Balaban J connectivity index is 3.17. The monoisotopic (exact) mass is 147 g/mol. The van der Waals surface area contributed by atoms with Gasteiger partial charge in [-0.3, -0.25) is 0 Å². The largest absolute Gasteiger partial charge is 0.204 e. The molecule has 0 bridgehead atoms. The van der Waals surface area contributed by atoms with Crippen molar-refractivity contribution < 1.29 is 8.78 Å². The van der Waals surface area contributed by atoms with Crippen LogP contribution < -0.4 is 0 Å². The Labute approximate surface area is 56.1 Å². The van der Waals surface area contributed by atoms with Crippen molar-refractivity contribution in [2.45, 2.75) is 0 Å². The van der Waals surface area contributed by atoms with Gasteiger partial charge in [0, 0.05) is 6.07 Å². The molecule has 0 aliphatic rings. The molecule has 0 fully saturated rings. The first-order valence-electron chi connectivity index (χ1n) is 2.23. The van der Waals surface area contributed by atoms with Crippen molar-refractivity contribution in [1.29, 1.82) is 0 Å². The molecule has 1 aromatic rings. The van der Waals surface area contributed by atoms with E-state index in [0.29, 0.717) is 0 Å². The molecule has 0 atom stereocenters. The normalized spacial score (nSPS) is 9.67. The molecule has 0 amide bonds. The van der Waals surface area contributed by atoms with Gasteiger partial charge in [0.2, 0.25) is 0 Å². The third kappa shape index (κ3) is 1.39. The molecule has 0 spiro atoms. The lowest BCUT2D eigenvalue weighted by Gasteiger charge is -1.89. The molecule has 0 unspecified atom stereocenters. The van der Waals surface area contributed by atoms with E-state index in [2.05, 4.69) is 0 Å². The summed E-state index contributed by atoms with van der Waals surface area (Å²) in [6.45, 7) is 0. The SMILES string of the molecule is Fc1[c]c(Cl)ccc1F. The predicted octanol–water partition coefficient (Wildman–Crippen LogP) is 2.42. The zero-order valence-corrected chi connectivity index (χ0v) is 5.04. The summed E-state index contributed by atoms with van der Waals surface area (Å²) in [5.41, 5.74) is 0. The second-order valence-corrected chi connectivity index (χ2v) is 1.88. The van der Waals surface area contributed by atoms with Crippen LogP contribution in [0.4, 0.5) is 8.78 Å². The number of hydrogen-bond acceptors (Lipinski definition) is 0. The lowest BCUT2D eigenvalue weighted by atomic mass is 10.3. The zero-order chi connectivity index (χ0) is 6.85. The molecule has 9 heavy (non-hydrogen) atoms. The summed E-state index contributed by atoms with van der Waals surface area (Å²) in [6.07, 6.45) is 0. The summed E-state index contributed by atoms with van der Waals surface area (Å²) in [4.78, 5) is 0. The number of hydrogen-bond donors (Lipinski definition) is 0. The Morgan fingerprint density at radius 2 is 2.00 bits per heavy atom. The van der Waals surface area contributed by atoms with Crippen LogP contribution in [0, 0.1) is 17.7 Å². The maximum Gasteiger partial charge on any atom is 0.168 e. The summed E-state index contributed by atoms with van der Waals surface area (Å²) < 4.78 is 24.1. The van der Waals surface area contributed by atoms with Gasteiger partial charge in [-0.05, 0) is 12.1 Å². The van der Waals surface area contributed by atoms with Gasteiger partial charge in [0.05, 0.1) is 5.02 Å². The van der Waals surface area contributed by atoms with E-state index < -0.39 is 11.6 Å². The smallest absolute Gasteiger partial charge is 0.168 e. The molecule has 0 saturated carbocycles. The van der Waals surface area contributed by atoms with E-state index in [4.69, 9.17) is 11.6 Å². The first kappa shape index (κ1) is 6.49. The number of benzene rings is 1. The molecular formula is C6H2ClF2. The molecule has 0 saturated heterocycles. The lowest BCUT2D eigenvalue weighted by Crippen LogP contribution is -1.80. The predicted molar refractivity (Wildman–Crippen MR) is 30.2 cm³/mol. The van der Waals surface area contributed by atoms with E-state index in [1.54, 1.807) is 0 Å². The Kier molecular flexibility index (Phi) is 1.67. The van der Waals surface area contributed by atoms with Crippen molar-refractivity contribution in [3.8, 4) is 0 Å². The minimum Gasteiger partial charge on any atom is -0.204 e. The molecule has 1 rings (SSSR count). The van der Waals surface area contributed by atoms with Crippen LogP contribution in [-0.2, 0) is 0 Å². The molecule has 1 aromatic carbocycles. The van der Waals surface area contributed by atoms with E-state index >= 15 is 0 Å². The average molecular weight is 148 g/mol. The van der Waals surface area contributed by atoms with E-state index in [9.17, 15) is 8.78 Å². The molecule has 3 heteroatoms. The topological polar surface area (TPSA) is 0 Å². The third-order valence-electron chi connectivity index (χ3n) is 0.815. The van der Waals surface area contributed by atoms with Crippen LogP contribution >= 0.6 is 11.6 Å². The van der Waals surface area contributed by atoms with Crippen LogP contribution in [-0.4, -0.2) is 0 Å². The fraction of sp³-hybridized carbons (Fsp3) is 0. The fourth-order valence-electron chi connectivity index (χ4n) is 0.426. The standard InChI is InChI=1S/C6H2ClF2/c7-4-1-2-5(8)6(9)3-4/h1-2H. The van der Waals surface area contributed by atoms with Gasteiger partial charge >= 0.3 is 0 Å². The molecule has 0 nitrogen and oxygen atoms in total. The van der Waals surface area contributed by atoms with Crippen molar-refractivity contribution in [3.05, 3.63) is 34.9 Å². The highest BCUT2D eigenvalue weighted by molar-refractivity contribution is 6.30. The van der Waals surface area contributed by atoms with Crippen LogP contribution in [0.2, 0.25) is 5.02 Å². The highest BCUT2D eigenvalue weighted by Crippen LogP contribution is 2.11. The van der Waals surface area contributed by atoms with Gasteiger partial charge in [-0.2, -0.15) is 0 Å². The summed E-state index contributed by atoms with van der Waals surface area (Å²) >= 11 is 5.25. The van der Waals surface area contributed by atoms with Crippen LogP contribution in [0.25, 0.3) is 0 Å². The van der Waals surface area contributed by atoms with Crippen molar-refractivity contribution in [3.63, 3.8) is 0 Å². The van der Waals surface area contributed by atoms with Gasteiger partial charge in [-0.15, -0.1) is 0 Å². The Morgan fingerprint density at radius 1 is 1.33 bits per heavy atom. The van der Waals surface area contributed by atoms with E-state index in [1.165, 1.54) is 6.07 Å². The van der Waals surface area contributed by atoms with Gasteiger partial charge in [-0.25, -0.2) is 8.78 Å². The minimum atomic E-state index is -1.04. The molecule has 0 aromatic heterocycles. The molecular weight excluding hydrogens is 146 g/mol. The highest BCUT2D eigenvalue weighted by atomic mass is 35.5.